The summed E-state index contributed by atoms with van der Waals surface area (Å²) in [5, 5.41) is 13.2. The minimum atomic E-state index is -0.872. The number of rotatable bonds is 8. The van der Waals surface area contributed by atoms with E-state index in [0.717, 1.165) is 21.5 Å². The molecule has 36 heavy (non-hydrogen) atoms. The second-order valence-electron chi connectivity index (χ2n) is 8.50. The number of hydrogen-bond donors (Lipinski definition) is 1. The Morgan fingerprint density at radius 2 is 1.94 bits per heavy atom. The first-order valence-corrected chi connectivity index (χ1v) is 12.4. The number of anilines is 1. The van der Waals surface area contributed by atoms with Gasteiger partial charge in [-0.25, -0.2) is 4.68 Å². The van der Waals surface area contributed by atoms with Crippen LogP contribution in [0.5, 0.6) is 0 Å². The standard InChI is InChI=1S/C27H25N5O3S/c1-18-11-12-19(2)23(15-18)32(25(33)17-31-22-9-4-3-8-21(22)29-30-31)26(24-10-6-14-36-24)27(34)28-16-20-7-5-13-35-20/h3-15,26H,16-17H2,1-2H3,(H,28,34). The van der Waals surface area contributed by atoms with E-state index in [-0.39, 0.29) is 24.9 Å². The summed E-state index contributed by atoms with van der Waals surface area (Å²) in [5.74, 6) is 0.0597. The van der Waals surface area contributed by atoms with E-state index < -0.39 is 6.04 Å². The molecule has 0 aliphatic carbocycles. The summed E-state index contributed by atoms with van der Waals surface area (Å²) in [7, 11) is 0. The zero-order valence-corrected chi connectivity index (χ0v) is 20.7. The molecular formula is C27H25N5O3S. The van der Waals surface area contributed by atoms with Crippen molar-refractivity contribution in [2.45, 2.75) is 33.0 Å². The molecule has 5 rings (SSSR count). The van der Waals surface area contributed by atoms with Crippen molar-refractivity contribution < 1.29 is 14.0 Å². The molecule has 8 nitrogen and oxygen atoms in total. The van der Waals surface area contributed by atoms with Crippen LogP contribution in [0.4, 0.5) is 5.69 Å². The number of nitrogens with zero attached hydrogens (tertiary/aromatic N) is 4. The predicted octanol–water partition coefficient (Wildman–Crippen LogP) is 4.79. The molecule has 2 aromatic carbocycles. The maximum atomic E-state index is 14.0. The summed E-state index contributed by atoms with van der Waals surface area (Å²) in [6.45, 7) is 4.05. The van der Waals surface area contributed by atoms with Crippen molar-refractivity contribution in [1.29, 1.82) is 0 Å². The molecule has 0 bridgehead atoms. The molecule has 5 aromatic rings. The third-order valence-electron chi connectivity index (χ3n) is 5.93. The molecule has 9 heteroatoms. The third kappa shape index (κ3) is 4.78. The van der Waals surface area contributed by atoms with Gasteiger partial charge >= 0.3 is 0 Å². The van der Waals surface area contributed by atoms with Crippen LogP contribution in [-0.2, 0) is 22.7 Å². The van der Waals surface area contributed by atoms with Gasteiger partial charge in [-0.2, -0.15) is 0 Å². The first-order chi connectivity index (χ1) is 17.5. The number of aromatic nitrogens is 3. The summed E-state index contributed by atoms with van der Waals surface area (Å²) in [4.78, 5) is 30.1. The third-order valence-corrected chi connectivity index (χ3v) is 6.86. The topological polar surface area (TPSA) is 93.3 Å². The monoisotopic (exact) mass is 499 g/mol. The molecule has 1 unspecified atom stereocenters. The van der Waals surface area contributed by atoms with Gasteiger partial charge in [-0.3, -0.25) is 14.5 Å². The van der Waals surface area contributed by atoms with Crippen molar-refractivity contribution in [2.75, 3.05) is 4.90 Å². The average molecular weight is 500 g/mol. The van der Waals surface area contributed by atoms with E-state index in [1.54, 1.807) is 28.0 Å². The van der Waals surface area contributed by atoms with Gasteiger partial charge in [0.2, 0.25) is 11.8 Å². The highest BCUT2D eigenvalue weighted by Gasteiger charge is 2.34. The minimum absolute atomic E-state index is 0.0682. The van der Waals surface area contributed by atoms with E-state index in [1.165, 1.54) is 11.3 Å². The summed E-state index contributed by atoms with van der Waals surface area (Å²) in [5.41, 5.74) is 4.01. The van der Waals surface area contributed by atoms with Gasteiger partial charge in [0.1, 0.15) is 23.9 Å². The van der Waals surface area contributed by atoms with Crippen LogP contribution in [0.25, 0.3) is 11.0 Å². The molecule has 3 aromatic heterocycles. The Kier molecular flexibility index (Phi) is 6.64. The second kappa shape index (κ2) is 10.2. The summed E-state index contributed by atoms with van der Waals surface area (Å²) in [6.07, 6.45) is 1.56. The Bertz CT molecular complexity index is 1490. The predicted molar refractivity (Wildman–Crippen MR) is 139 cm³/mol. The number of fused-ring (bicyclic) bond motifs is 1. The van der Waals surface area contributed by atoms with Crippen molar-refractivity contribution in [1.82, 2.24) is 20.3 Å². The summed E-state index contributed by atoms with van der Waals surface area (Å²) >= 11 is 1.43. The second-order valence-corrected chi connectivity index (χ2v) is 9.48. The number of thiophene rings is 1. The zero-order chi connectivity index (χ0) is 25.1. The molecular weight excluding hydrogens is 474 g/mol. The molecule has 0 saturated heterocycles. The van der Waals surface area contributed by atoms with Crippen LogP contribution in [-0.4, -0.2) is 26.8 Å². The van der Waals surface area contributed by atoms with Gasteiger partial charge in [0.15, 0.2) is 0 Å². The molecule has 0 saturated carbocycles. The quantitative estimate of drug-likeness (QED) is 0.331. The highest BCUT2D eigenvalue weighted by molar-refractivity contribution is 7.10. The van der Waals surface area contributed by atoms with Crippen molar-refractivity contribution in [2.24, 2.45) is 0 Å². The van der Waals surface area contributed by atoms with Crippen molar-refractivity contribution in [3.8, 4) is 0 Å². The zero-order valence-electron chi connectivity index (χ0n) is 19.9. The molecule has 0 radical (unpaired) electrons. The maximum absolute atomic E-state index is 14.0. The average Bonchev–Trinajstić information content (AvgIpc) is 3.66. The Morgan fingerprint density at radius 3 is 2.72 bits per heavy atom. The number of carbonyl (C=O) groups is 2. The molecule has 1 N–H and O–H groups in total. The van der Waals surface area contributed by atoms with Crippen LogP contribution in [0.15, 0.2) is 82.8 Å². The van der Waals surface area contributed by atoms with Gasteiger partial charge in [-0.05, 0) is 66.8 Å². The summed E-state index contributed by atoms with van der Waals surface area (Å²) in [6, 6.07) is 19.8. The number of para-hydroxylation sites is 1. The first-order valence-electron chi connectivity index (χ1n) is 11.5. The SMILES string of the molecule is Cc1ccc(C)c(N(C(=O)Cn2nnc3ccccc32)C(C(=O)NCc2ccco2)c2cccs2)c1. The number of nitrogens with one attached hydrogen (secondary N) is 1. The minimum Gasteiger partial charge on any atom is -0.467 e. The van der Waals surface area contributed by atoms with E-state index in [2.05, 4.69) is 15.6 Å². The van der Waals surface area contributed by atoms with E-state index >= 15 is 0 Å². The molecule has 1 atom stereocenters. The molecule has 0 aliphatic heterocycles. The van der Waals surface area contributed by atoms with Crippen LogP contribution in [0.1, 0.15) is 27.8 Å². The Morgan fingerprint density at radius 1 is 1.08 bits per heavy atom. The van der Waals surface area contributed by atoms with E-state index in [9.17, 15) is 9.59 Å². The van der Waals surface area contributed by atoms with Gasteiger partial charge in [0.05, 0.1) is 18.3 Å². The fraction of sp³-hybridized carbons (Fsp3) is 0.185. The molecule has 0 aliphatic rings. The Balaban J connectivity index is 1.56. The highest BCUT2D eigenvalue weighted by Crippen LogP contribution is 2.34. The van der Waals surface area contributed by atoms with Crippen LogP contribution >= 0.6 is 11.3 Å². The molecule has 0 fully saturated rings. The van der Waals surface area contributed by atoms with Crippen LogP contribution in [0.2, 0.25) is 0 Å². The molecule has 2 amide bonds. The normalized spacial score (nSPS) is 11.9. The van der Waals surface area contributed by atoms with Crippen LogP contribution in [0, 0.1) is 13.8 Å². The van der Waals surface area contributed by atoms with Crippen LogP contribution < -0.4 is 10.2 Å². The van der Waals surface area contributed by atoms with Gasteiger partial charge in [0, 0.05) is 10.6 Å². The lowest BCUT2D eigenvalue weighted by molar-refractivity contribution is -0.127. The van der Waals surface area contributed by atoms with E-state index in [1.807, 2.05) is 73.8 Å². The molecule has 182 valence electrons. The lowest BCUT2D eigenvalue weighted by Gasteiger charge is -2.32. The smallest absolute Gasteiger partial charge is 0.249 e. The number of benzene rings is 2. The van der Waals surface area contributed by atoms with E-state index in [4.69, 9.17) is 4.42 Å². The number of carbonyl (C=O) groups excluding carboxylic acids is 2. The fourth-order valence-electron chi connectivity index (χ4n) is 4.14. The molecule has 3 heterocycles. The van der Waals surface area contributed by atoms with Gasteiger partial charge in [-0.1, -0.05) is 35.5 Å². The van der Waals surface area contributed by atoms with Gasteiger partial charge < -0.3 is 9.73 Å². The van der Waals surface area contributed by atoms with Crippen molar-refractivity contribution in [3.63, 3.8) is 0 Å². The fourth-order valence-corrected chi connectivity index (χ4v) is 4.95. The number of furan rings is 1. The first kappa shape index (κ1) is 23.5. The molecule has 0 spiro atoms. The largest absolute Gasteiger partial charge is 0.467 e. The van der Waals surface area contributed by atoms with E-state index in [0.29, 0.717) is 17.0 Å². The maximum Gasteiger partial charge on any atom is 0.249 e. The number of hydrogen-bond acceptors (Lipinski definition) is 6. The lowest BCUT2D eigenvalue weighted by Crippen LogP contribution is -2.45. The number of amides is 2. The Labute approximate surface area is 212 Å². The van der Waals surface area contributed by atoms with Crippen molar-refractivity contribution in [3.05, 3.63) is 100 Å². The summed E-state index contributed by atoms with van der Waals surface area (Å²) < 4.78 is 6.95. The van der Waals surface area contributed by atoms with Crippen LogP contribution in [0.3, 0.4) is 0 Å². The van der Waals surface area contributed by atoms with Gasteiger partial charge in [0.25, 0.3) is 0 Å². The van der Waals surface area contributed by atoms with Crippen molar-refractivity contribution >= 4 is 39.9 Å². The number of aryl methyl sites for hydroxylation is 2. The van der Waals surface area contributed by atoms with Gasteiger partial charge in [-0.15, -0.1) is 16.4 Å². The Hall–Kier alpha value is -4.24. The highest BCUT2D eigenvalue weighted by atomic mass is 32.1. The lowest BCUT2D eigenvalue weighted by atomic mass is 10.1.